The van der Waals surface area contributed by atoms with Crippen molar-refractivity contribution in [2.75, 3.05) is 0 Å². The van der Waals surface area contributed by atoms with Crippen LogP contribution in [0, 0.1) is 0 Å². The van der Waals surface area contributed by atoms with Gasteiger partial charge in [0.2, 0.25) is 22.4 Å². The molecule has 0 spiro atoms. The third-order valence-electron chi connectivity index (χ3n) is 11.6. The molecule has 8 aromatic rings. The van der Waals surface area contributed by atoms with Gasteiger partial charge in [0.15, 0.2) is 0 Å². The Kier molecular flexibility index (Phi) is 13.6. The van der Waals surface area contributed by atoms with Crippen molar-refractivity contribution in [3.63, 3.8) is 0 Å². The fraction of sp³-hybridized carbons (Fsp3) is 0.0714. The van der Waals surface area contributed by atoms with Crippen LogP contribution in [0.25, 0.3) is 0 Å². The largest absolute Gasteiger partial charge is 0.975 e. The number of aliphatic hydroxyl groups is 4. The molecule has 344 valence electrons. The Bertz CT molecular complexity index is 2430. The minimum atomic E-state index is -6.59. The number of benzene rings is 8. The van der Waals surface area contributed by atoms with E-state index in [0.29, 0.717) is 0 Å². The van der Waals surface area contributed by atoms with E-state index >= 15 is 19.2 Å². The van der Waals surface area contributed by atoms with Crippen LogP contribution in [0.2, 0.25) is 0 Å². The van der Waals surface area contributed by atoms with Crippen molar-refractivity contribution in [1.29, 1.82) is 0 Å². The van der Waals surface area contributed by atoms with Gasteiger partial charge in [-0.05, 0) is 44.5 Å². The molecule has 8 rings (SSSR count). The molecule has 0 bridgehead atoms. The molecule has 0 unspecified atom stereocenters. The van der Waals surface area contributed by atoms with Crippen molar-refractivity contribution in [1.82, 2.24) is 0 Å². The molecule has 8 aromatic carbocycles. The van der Waals surface area contributed by atoms with Gasteiger partial charge in [-0.1, -0.05) is 243 Å². The van der Waals surface area contributed by atoms with E-state index < -0.39 is 55.3 Å². The predicted octanol–water partition coefficient (Wildman–Crippen LogP) is 7.34. The maximum atomic E-state index is 15.4. The molecule has 69 heavy (non-hydrogen) atoms. The molecular formula is C56H44O12Si. The Hall–Kier alpha value is -8.30. The van der Waals surface area contributed by atoms with Crippen molar-refractivity contribution in [3.05, 3.63) is 287 Å². The van der Waals surface area contributed by atoms with E-state index in [1.165, 1.54) is 194 Å². The summed E-state index contributed by atoms with van der Waals surface area (Å²) in [4.78, 5) is 61.6. The number of carbonyl (C=O) groups excluding carboxylic acids is 4. The van der Waals surface area contributed by atoms with Crippen molar-refractivity contribution in [2.45, 2.75) is 22.4 Å². The van der Waals surface area contributed by atoms with Crippen LogP contribution in [-0.4, -0.2) is 53.4 Å². The standard InChI is InChI=1S/C56H44O12Si/c57-49(53(61,41-25-9-1-10-26-41)42-27-11-2-12-28-42)65-69(66-50(58)54(62,43-29-13-3-14-30-43)44-31-15-4-16-32-44,67-51(59)55(63,45-33-17-5-18-34-45)46-35-19-6-20-36-46)68-52(60)56(64,47-37-21-7-22-38-47)48-39-23-8-24-40-48/h1-40,61-64H. The summed E-state index contributed by atoms with van der Waals surface area (Å²) in [6.07, 6.45) is 0. The molecule has 0 aromatic heterocycles. The Morgan fingerprint density at radius 3 is 0.478 bits per heavy atom. The molecule has 13 heteroatoms. The van der Waals surface area contributed by atoms with E-state index in [2.05, 4.69) is 0 Å². The highest BCUT2D eigenvalue weighted by atomic mass is 28.4. The zero-order valence-corrected chi connectivity index (χ0v) is 37.6. The lowest BCUT2D eigenvalue weighted by molar-refractivity contribution is -0.184. The SMILES string of the molecule is O=C(O[Si](OC(=O)C(O)(c1ccccc1)c1ccccc1)(OC(=O)C(O)(c1ccccc1)c1ccccc1)OC(=O)C(O)(c1ccccc1)c1ccccc1)C(O)(c1ccccc1)c1ccccc1. The van der Waals surface area contributed by atoms with Crippen LogP contribution in [0.1, 0.15) is 44.5 Å². The minimum Gasteiger partial charge on any atom is -0.420 e. The van der Waals surface area contributed by atoms with Gasteiger partial charge in [0.1, 0.15) is 0 Å². The van der Waals surface area contributed by atoms with Crippen LogP contribution in [0.5, 0.6) is 0 Å². The summed E-state index contributed by atoms with van der Waals surface area (Å²) in [6, 6.07) is 59.9. The highest BCUT2D eigenvalue weighted by Crippen LogP contribution is 2.40. The van der Waals surface area contributed by atoms with E-state index in [1.54, 1.807) is 48.5 Å². The van der Waals surface area contributed by atoms with Crippen LogP contribution in [0.4, 0.5) is 0 Å². The molecule has 0 aliphatic heterocycles. The fourth-order valence-corrected chi connectivity index (χ4v) is 9.67. The molecule has 12 nitrogen and oxygen atoms in total. The van der Waals surface area contributed by atoms with Gasteiger partial charge in [0.05, 0.1) is 0 Å². The smallest absolute Gasteiger partial charge is 0.420 e. The molecule has 0 saturated heterocycles. The number of hydrogen-bond acceptors (Lipinski definition) is 12. The number of carbonyl (C=O) groups is 4. The number of rotatable bonds is 16. The first-order chi connectivity index (χ1) is 33.4. The summed E-state index contributed by atoms with van der Waals surface area (Å²) < 4.78 is 24.4. The quantitative estimate of drug-likeness (QED) is 0.0708. The van der Waals surface area contributed by atoms with Gasteiger partial charge in [-0.25, -0.2) is 19.2 Å². The molecule has 0 heterocycles. The van der Waals surface area contributed by atoms with E-state index in [4.69, 9.17) is 17.7 Å². The van der Waals surface area contributed by atoms with Crippen molar-refractivity contribution >= 4 is 32.9 Å². The van der Waals surface area contributed by atoms with Gasteiger partial charge >= 0.3 is 32.9 Å². The summed E-state index contributed by atoms with van der Waals surface area (Å²) in [5, 5.41) is 51.3. The molecule has 0 atom stereocenters. The van der Waals surface area contributed by atoms with Gasteiger partial charge in [-0.2, -0.15) is 0 Å². The first-order valence-electron chi connectivity index (χ1n) is 21.6. The lowest BCUT2D eigenvalue weighted by Crippen LogP contribution is -2.62. The van der Waals surface area contributed by atoms with Gasteiger partial charge in [-0.3, -0.25) is 0 Å². The van der Waals surface area contributed by atoms with E-state index in [1.807, 2.05) is 0 Å². The summed E-state index contributed by atoms with van der Waals surface area (Å²) in [6.45, 7) is 0. The van der Waals surface area contributed by atoms with E-state index in [0.717, 1.165) is 0 Å². The third kappa shape index (κ3) is 9.11. The summed E-state index contributed by atoms with van der Waals surface area (Å²) in [5.74, 6) is -6.80. The Morgan fingerprint density at radius 1 is 0.246 bits per heavy atom. The van der Waals surface area contributed by atoms with Gasteiger partial charge in [-0.15, -0.1) is 0 Å². The highest BCUT2D eigenvalue weighted by molar-refractivity contribution is 6.61. The third-order valence-corrected chi connectivity index (χ3v) is 13.3. The second-order valence-corrected chi connectivity index (χ2v) is 17.6. The molecule has 0 saturated carbocycles. The molecule has 4 N–H and O–H groups in total. The second kappa shape index (κ2) is 19.9. The monoisotopic (exact) mass is 936 g/mol. The van der Waals surface area contributed by atoms with Crippen LogP contribution in [0.15, 0.2) is 243 Å². The summed E-state index contributed by atoms with van der Waals surface area (Å²) in [7, 11) is -6.59. The van der Waals surface area contributed by atoms with E-state index in [-0.39, 0.29) is 44.5 Å². The van der Waals surface area contributed by atoms with Gasteiger partial charge < -0.3 is 38.1 Å². The molecule has 0 fully saturated rings. The maximum absolute atomic E-state index is 15.4. The fourth-order valence-electron chi connectivity index (χ4n) is 7.92. The lowest BCUT2D eigenvalue weighted by Gasteiger charge is -2.36. The molecule has 0 radical (unpaired) electrons. The average molecular weight is 937 g/mol. The first kappa shape index (κ1) is 47.2. The van der Waals surface area contributed by atoms with Crippen molar-refractivity contribution < 1.29 is 57.3 Å². The average Bonchev–Trinajstić information content (AvgIpc) is 3.41. The van der Waals surface area contributed by atoms with Crippen molar-refractivity contribution in [2.24, 2.45) is 0 Å². The molecular weight excluding hydrogens is 893 g/mol. The van der Waals surface area contributed by atoms with Crippen LogP contribution >= 0.6 is 0 Å². The molecule has 0 aliphatic rings. The normalized spacial score (nSPS) is 12.0. The zero-order chi connectivity index (χ0) is 48.5. The van der Waals surface area contributed by atoms with Crippen LogP contribution < -0.4 is 0 Å². The number of hydrogen-bond donors (Lipinski definition) is 4. The molecule has 0 aliphatic carbocycles. The molecule has 0 amide bonds. The lowest BCUT2D eigenvalue weighted by atomic mass is 9.86. The second-order valence-electron chi connectivity index (χ2n) is 15.8. The van der Waals surface area contributed by atoms with Crippen LogP contribution in [-0.2, 0) is 59.3 Å². The van der Waals surface area contributed by atoms with E-state index in [9.17, 15) is 20.4 Å². The predicted molar refractivity (Wildman–Crippen MR) is 254 cm³/mol. The van der Waals surface area contributed by atoms with Crippen molar-refractivity contribution in [3.8, 4) is 0 Å². The van der Waals surface area contributed by atoms with Gasteiger partial charge in [0.25, 0.3) is 0 Å². The minimum absolute atomic E-state index is 0.0895. The summed E-state index contributed by atoms with van der Waals surface area (Å²) in [5.41, 5.74) is -12.1. The zero-order valence-electron chi connectivity index (χ0n) is 36.6. The summed E-state index contributed by atoms with van der Waals surface area (Å²) >= 11 is 0. The Morgan fingerprint density at radius 2 is 0.362 bits per heavy atom. The maximum Gasteiger partial charge on any atom is 0.975 e. The van der Waals surface area contributed by atoms with Gasteiger partial charge in [0, 0.05) is 0 Å². The Labute approximate surface area is 398 Å². The Balaban J connectivity index is 1.40. The topological polar surface area (TPSA) is 186 Å². The first-order valence-corrected chi connectivity index (χ1v) is 23.3. The van der Waals surface area contributed by atoms with Crippen LogP contribution in [0.3, 0.4) is 0 Å². The highest BCUT2D eigenvalue weighted by Gasteiger charge is 2.70.